The average molecular weight is 519 g/mol. The molecule has 4 atom stereocenters. The van der Waals surface area contributed by atoms with Crippen LogP contribution in [0.1, 0.15) is 51.4 Å². The van der Waals surface area contributed by atoms with Crippen LogP contribution < -0.4 is 15.0 Å². The SMILES string of the molecule is O=c1c2ccc(OC[C@H]3CCCO3)cc2ccn1-c1ccc(O[C@@H]2C[C@H]3CC[C@@H](C2)N3CC2CC2)c(F)c1. The minimum Gasteiger partial charge on any atom is -0.491 e. The molecule has 0 amide bonds. The van der Waals surface area contributed by atoms with Gasteiger partial charge in [0.1, 0.15) is 18.5 Å². The summed E-state index contributed by atoms with van der Waals surface area (Å²) in [5.74, 6) is 1.45. The Morgan fingerprint density at radius 3 is 2.55 bits per heavy atom. The Bertz CT molecular complexity index is 1370. The Morgan fingerprint density at radius 2 is 1.82 bits per heavy atom. The zero-order valence-corrected chi connectivity index (χ0v) is 21.7. The fourth-order valence-corrected chi connectivity index (χ4v) is 6.62. The van der Waals surface area contributed by atoms with Crippen LogP contribution in [0, 0.1) is 11.7 Å². The van der Waals surface area contributed by atoms with Crippen molar-refractivity contribution in [3.05, 3.63) is 64.8 Å². The molecule has 2 aromatic carbocycles. The second-order valence-corrected chi connectivity index (χ2v) is 11.5. The van der Waals surface area contributed by atoms with Gasteiger partial charge in [0.05, 0.1) is 11.8 Å². The zero-order chi connectivity index (χ0) is 25.6. The summed E-state index contributed by atoms with van der Waals surface area (Å²) >= 11 is 0. The number of piperidine rings is 1. The largest absolute Gasteiger partial charge is 0.491 e. The predicted molar refractivity (Wildman–Crippen MR) is 144 cm³/mol. The van der Waals surface area contributed by atoms with Crippen molar-refractivity contribution >= 4 is 10.8 Å². The van der Waals surface area contributed by atoms with Crippen LogP contribution in [0.15, 0.2) is 53.5 Å². The van der Waals surface area contributed by atoms with Crippen LogP contribution in [-0.2, 0) is 4.74 Å². The van der Waals surface area contributed by atoms with Crippen LogP contribution in [0.2, 0.25) is 0 Å². The molecular formula is C31H35FN2O4. The van der Waals surface area contributed by atoms with E-state index in [0.29, 0.717) is 35.5 Å². The van der Waals surface area contributed by atoms with Gasteiger partial charge in [-0.15, -0.1) is 0 Å². The Balaban J connectivity index is 1.04. The van der Waals surface area contributed by atoms with Crippen molar-refractivity contribution in [1.82, 2.24) is 9.47 Å². The van der Waals surface area contributed by atoms with E-state index in [4.69, 9.17) is 14.2 Å². The van der Waals surface area contributed by atoms with E-state index in [-0.39, 0.29) is 23.5 Å². The van der Waals surface area contributed by atoms with E-state index in [1.165, 1.54) is 42.9 Å². The number of nitrogens with zero attached hydrogens (tertiary/aromatic N) is 2. The Labute approximate surface area is 222 Å². The van der Waals surface area contributed by atoms with Crippen LogP contribution in [-0.4, -0.2) is 53.5 Å². The van der Waals surface area contributed by atoms with Gasteiger partial charge in [-0.05, 0) is 99.1 Å². The summed E-state index contributed by atoms with van der Waals surface area (Å²) in [6.45, 7) is 2.53. The number of rotatable bonds is 8. The second-order valence-electron chi connectivity index (χ2n) is 11.5. The second kappa shape index (κ2) is 10.0. The zero-order valence-electron chi connectivity index (χ0n) is 21.7. The maximum absolute atomic E-state index is 15.2. The Morgan fingerprint density at radius 1 is 0.974 bits per heavy atom. The molecule has 3 aliphatic heterocycles. The van der Waals surface area contributed by atoms with E-state index >= 15 is 4.39 Å². The highest BCUT2D eigenvalue weighted by Crippen LogP contribution is 2.41. The van der Waals surface area contributed by atoms with E-state index in [1.54, 1.807) is 24.4 Å². The van der Waals surface area contributed by atoms with Gasteiger partial charge in [-0.1, -0.05) is 0 Å². The molecule has 1 aliphatic carbocycles. The van der Waals surface area contributed by atoms with Crippen molar-refractivity contribution in [1.29, 1.82) is 0 Å². The summed E-state index contributed by atoms with van der Waals surface area (Å²) in [5.41, 5.74) is 0.292. The van der Waals surface area contributed by atoms with Gasteiger partial charge in [0, 0.05) is 42.9 Å². The summed E-state index contributed by atoms with van der Waals surface area (Å²) in [5, 5.41) is 1.35. The van der Waals surface area contributed by atoms with E-state index in [0.717, 1.165) is 43.6 Å². The van der Waals surface area contributed by atoms with E-state index in [2.05, 4.69) is 4.90 Å². The first-order chi connectivity index (χ1) is 18.6. The molecule has 7 rings (SSSR count). The average Bonchev–Trinajstić information content (AvgIpc) is 3.52. The quantitative estimate of drug-likeness (QED) is 0.396. The van der Waals surface area contributed by atoms with Gasteiger partial charge in [0.25, 0.3) is 5.56 Å². The summed E-state index contributed by atoms with van der Waals surface area (Å²) in [6, 6.07) is 13.3. The number of aromatic nitrogens is 1. The van der Waals surface area contributed by atoms with Gasteiger partial charge in [0.2, 0.25) is 0 Å². The van der Waals surface area contributed by atoms with Gasteiger partial charge in [-0.2, -0.15) is 0 Å². The molecule has 3 saturated heterocycles. The van der Waals surface area contributed by atoms with Gasteiger partial charge in [-0.3, -0.25) is 14.3 Å². The number of halogens is 1. The third kappa shape index (κ3) is 4.82. The molecule has 4 heterocycles. The maximum Gasteiger partial charge on any atom is 0.262 e. The third-order valence-corrected chi connectivity index (χ3v) is 8.83. The fraction of sp³-hybridized carbons (Fsp3) is 0.516. The topological polar surface area (TPSA) is 52.9 Å². The highest BCUT2D eigenvalue weighted by Gasteiger charge is 2.43. The molecule has 2 bridgehead atoms. The van der Waals surface area contributed by atoms with Crippen LogP contribution in [0.25, 0.3) is 16.5 Å². The third-order valence-electron chi connectivity index (χ3n) is 8.83. The number of benzene rings is 2. The first kappa shape index (κ1) is 24.2. The van der Waals surface area contributed by atoms with Crippen molar-refractivity contribution in [3.63, 3.8) is 0 Å². The molecular weight excluding hydrogens is 483 g/mol. The van der Waals surface area contributed by atoms with E-state index < -0.39 is 5.82 Å². The minimum atomic E-state index is -0.430. The van der Waals surface area contributed by atoms with Gasteiger partial charge in [0.15, 0.2) is 11.6 Å². The number of fused-ring (bicyclic) bond motifs is 3. The normalized spacial score (nSPS) is 27.2. The highest BCUT2D eigenvalue weighted by atomic mass is 19.1. The standard InChI is InChI=1S/C31H35FN2O4/c32-29-17-24(7-10-30(29)38-27-15-22-5-6-23(16-27)34(22)18-20-3-4-20)33-12-11-21-14-25(8-9-28(21)31(33)35)37-19-26-2-1-13-36-26/h7-12,14,17,20,22-23,26-27H,1-6,13,15-16,18-19H2/t22-,23+,26-,27-/m1/s1. The molecule has 4 aliphatic rings. The minimum absolute atomic E-state index is 0.0448. The monoisotopic (exact) mass is 518 g/mol. The van der Waals surface area contributed by atoms with E-state index in [1.807, 2.05) is 18.2 Å². The van der Waals surface area contributed by atoms with Crippen molar-refractivity contribution in [2.24, 2.45) is 5.92 Å². The molecule has 1 aromatic heterocycles. The Kier molecular flexibility index (Phi) is 6.36. The van der Waals surface area contributed by atoms with Crippen LogP contribution >= 0.6 is 0 Å². The predicted octanol–water partition coefficient (Wildman–Crippen LogP) is 5.47. The molecule has 4 fully saturated rings. The van der Waals surface area contributed by atoms with Crippen molar-refractivity contribution in [3.8, 4) is 17.2 Å². The molecule has 0 spiro atoms. The summed E-state index contributed by atoms with van der Waals surface area (Å²) in [4.78, 5) is 16.0. The Hall–Kier alpha value is -2.90. The molecule has 6 nitrogen and oxygen atoms in total. The van der Waals surface area contributed by atoms with E-state index in [9.17, 15) is 4.79 Å². The lowest BCUT2D eigenvalue weighted by atomic mass is 9.99. The molecule has 38 heavy (non-hydrogen) atoms. The summed E-state index contributed by atoms with van der Waals surface area (Å²) in [6.07, 6.45) is 11.1. The van der Waals surface area contributed by atoms with Gasteiger partial charge >= 0.3 is 0 Å². The van der Waals surface area contributed by atoms with Gasteiger partial charge in [-0.25, -0.2) is 4.39 Å². The van der Waals surface area contributed by atoms with Crippen LogP contribution in [0.3, 0.4) is 0 Å². The molecule has 1 saturated carbocycles. The van der Waals surface area contributed by atoms with Crippen LogP contribution in [0.4, 0.5) is 4.39 Å². The molecule has 7 heteroatoms. The smallest absolute Gasteiger partial charge is 0.262 e. The number of pyridine rings is 1. The summed E-state index contributed by atoms with van der Waals surface area (Å²) < 4.78 is 34.4. The molecule has 0 unspecified atom stereocenters. The lowest BCUT2D eigenvalue weighted by Gasteiger charge is -2.39. The van der Waals surface area contributed by atoms with Crippen molar-refractivity contribution < 1.29 is 18.6 Å². The van der Waals surface area contributed by atoms with Gasteiger partial charge < -0.3 is 14.2 Å². The lowest BCUT2D eigenvalue weighted by molar-refractivity contribution is 0.0446. The molecule has 0 radical (unpaired) electrons. The first-order valence-corrected chi connectivity index (χ1v) is 14.2. The highest BCUT2D eigenvalue weighted by molar-refractivity contribution is 5.83. The van der Waals surface area contributed by atoms with Crippen molar-refractivity contribution in [2.75, 3.05) is 19.8 Å². The molecule has 0 N–H and O–H groups in total. The fourth-order valence-electron chi connectivity index (χ4n) is 6.62. The lowest BCUT2D eigenvalue weighted by Crippen LogP contribution is -2.47. The molecule has 3 aromatic rings. The van der Waals surface area contributed by atoms with Crippen molar-refractivity contribution in [2.45, 2.75) is 75.7 Å². The maximum atomic E-state index is 15.2. The first-order valence-electron chi connectivity index (χ1n) is 14.2. The van der Waals surface area contributed by atoms with Crippen LogP contribution in [0.5, 0.6) is 11.5 Å². The summed E-state index contributed by atoms with van der Waals surface area (Å²) in [7, 11) is 0. The molecule has 200 valence electrons. The number of ether oxygens (including phenoxy) is 3. The number of hydrogen-bond donors (Lipinski definition) is 0. The number of hydrogen-bond acceptors (Lipinski definition) is 5.